The minimum absolute atomic E-state index is 0.487. The zero-order valence-corrected chi connectivity index (χ0v) is 21.9. The quantitative estimate of drug-likeness (QED) is 0.308. The molecule has 0 fully saturated rings. The molecule has 6 rings (SSSR count). The summed E-state index contributed by atoms with van der Waals surface area (Å²) in [6.45, 7) is 2.02. The van der Waals surface area contributed by atoms with Crippen molar-refractivity contribution in [1.82, 2.24) is 0 Å². The van der Waals surface area contributed by atoms with Crippen LogP contribution in [0.1, 0.15) is 0 Å². The van der Waals surface area contributed by atoms with E-state index in [4.69, 9.17) is 37.9 Å². The lowest BCUT2D eigenvalue weighted by atomic mass is 9.97. The predicted octanol–water partition coefficient (Wildman–Crippen LogP) is 5.87. The summed E-state index contributed by atoms with van der Waals surface area (Å²) in [6.07, 6.45) is 0. The third-order valence-corrected chi connectivity index (χ3v) is 8.12. The van der Waals surface area contributed by atoms with Crippen LogP contribution in [0.25, 0.3) is 31.7 Å². The third-order valence-electron chi connectivity index (χ3n) is 6.18. The Hall–Kier alpha value is -3.50. The molecular formula is C26H24O8S2. The van der Waals surface area contributed by atoms with Crippen LogP contribution in [0.5, 0.6) is 46.0 Å². The number of methoxy groups -OCH3 is 4. The van der Waals surface area contributed by atoms with Gasteiger partial charge in [0.05, 0.1) is 49.0 Å². The Morgan fingerprint density at radius 2 is 1.00 bits per heavy atom. The van der Waals surface area contributed by atoms with Crippen molar-refractivity contribution in [2.45, 2.75) is 0 Å². The Morgan fingerprint density at radius 1 is 0.583 bits per heavy atom. The summed E-state index contributed by atoms with van der Waals surface area (Å²) in [6, 6.07) is 3.89. The van der Waals surface area contributed by atoms with E-state index in [1.54, 1.807) is 28.4 Å². The van der Waals surface area contributed by atoms with E-state index in [1.165, 1.54) is 22.7 Å². The summed E-state index contributed by atoms with van der Waals surface area (Å²) in [5.74, 6) is 5.34. The third kappa shape index (κ3) is 3.39. The molecule has 0 unspecified atom stereocenters. The second-order valence-corrected chi connectivity index (χ2v) is 9.74. The van der Waals surface area contributed by atoms with Crippen molar-refractivity contribution in [3.63, 3.8) is 0 Å². The zero-order chi connectivity index (χ0) is 24.8. The van der Waals surface area contributed by atoms with Crippen LogP contribution in [0, 0.1) is 0 Å². The van der Waals surface area contributed by atoms with Crippen LogP contribution in [0.2, 0.25) is 0 Å². The van der Waals surface area contributed by atoms with Crippen molar-refractivity contribution in [2.24, 2.45) is 0 Å². The first-order valence-electron chi connectivity index (χ1n) is 11.3. The van der Waals surface area contributed by atoms with Gasteiger partial charge in [0.2, 0.25) is 0 Å². The monoisotopic (exact) mass is 528 g/mol. The molecule has 8 nitrogen and oxygen atoms in total. The first-order chi connectivity index (χ1) is 17.7. The maximum absolute atomic E-state index is 6.01. The largest absolute Gasteiger partial charge is 0.496 e. The number of thiophene rings is 2. The SMILES string of the molecule is COc1cc(-c2scc3c2OCCO3)c(OC)c2c(OC)cc(-c3scc4c3OCCO4)c(OC)c12. The molecule has 2 aromatic heterocycles. The van der Waals surface area contributed by atoms with Gasteiger partial charge in [-0.05, 0) is 12.1 Å². The number of ether oxygens (including phenoxy) is 8. The van der Waals surface area contributed by atoms with Gasteiger partial charge < -0.3 is 37.9 Å². The highest BCUT2D eigenvalue weighted by atomic mass is 32.1. The Balaban J connectivity index is 1.67. The van der Waals surface area contributed by atoms with Gasteiger partial charge in [0.15, 0.2) is 23.0 Å². The van der Waals surface area contributed by atoms with Crippen LogP contribution in [-0.2, 0) is 0 Å². The van der Waals surface area contributed by atoms with E-state index in [0.717, 1.165) is 43.2 Å². The van der Waals surface area contributed by atoms with Gasteiger partial charge in [-0.15, -0.1) is 22.7 Å². The summed E-state index contributed by atoms with van der Waals surface area (Å²) < 4.78 is 47.4. The molecule has 36 heavy (non-hydrogen) atoms. The molecule has 10 heteroatoms. The fourth-order valence-electron chi connectivity index (χ4n) is 4.69. The Labute approximate surface area is 215 Å². The maximum atomic E-state index is 6.01. The van der Waals surface area contributed by atoms with Crippen molar-refractivity contribution in [3.8, 4) is 66.9 Å². The van der Waals surface area contributed by atoms with Gasteiger partial charge in [0.25, 0.3) is 0 Å². The lowest BCUT2D eigenvalue weighted by Crippen LogP contribution is -2.14. The lowest BCUT2D eigenvalue weighted by molar-refractivity contribution is 0.174. The summed E-state index contributed by atoms with van der Waals surface area (Å²) in [5.41, 5.74) is 1.63. The highest BCUT2D eigenvalue weighted by molar-refractivity contribution is 7.14. The molecule has 2 aliphatic rings. The number of hydrogen-bond donors (Lipinski definition) is 0. The topological polar surface area (TPSA) is 73.8 Å². The number of benzene rings is 2. The molecule has 4 heterocycles. The van der Waals surface area contributed by atoms with Crippen molar-refractivity contribution in [1.29, 1.82) is 0 Å². The number of fused-ring (bicyclic) bond motifs is 3. The van der Waals surface area contributed by atoms with Crippen LogP contribution in [0.15, 0.2) is 22.9 Å². The van der Waals surface area contributed by atoms with E-state index in [9.17, 15) is 0 Å². The van der Waals surface area contributed by atoms with Gasteiger partial charge in [-0.25, -0.2) is 0 Å². The molecule has 0 saturated carbocycles. The molecule has 0 atom stereocenters. The summed E-state index contributed by atoms with van der Waals surface area (Å²) in [4.78, 5) is 1.79. The fourth-order valence-corrected chi connectivity index (χ4v) is 6.58. The molecule has 4 aromatic rings. The maximum Gasteiger partial charge on any atom is 0.180 e. The fraction of sp³-hybridized carbons (Fsp3) is 0.308. The minimum atomic E-state index is 0.487. The average molecular weight is 529 g/mol. The van der Waals surface area contributed by atoms with E-state index < -0.39 is 0 Å². The van der Waals surface area contributed by atoms with E-state index in [-0.39, 0.29) is 0 Å². The van der Waals surface area contributed by atoms with E-state index in [1.807, 2.05) is 22.9 Å². The smallest absolute Gasteiger partial charge is 0.180 e. The van der Waals surface area contributed by atoms with Crippen LogP contribution in [0.3, 0.4) is 0 Å². The first-order valence-corrected chi connectivity index (χ1v) is 13.0. The second kappa shape index (κ2) is 9.18. The van der Waals surface area contributed by atoms with E-state index >= 15 is 0 Å². The van der Waals surface area contributed by atoms with Gasteiger partial charge in [-0.1, -0.05) is 0 Å². The minimum Gasteiger partial charge on any atom is -0.496 e. The summed E-state index contributed by atoms with van der Waals surface area (Å²) in [7, 11) is 6.56. The van der Waals surface area contributed by atoms with E-state index in [2.05, 4.69) is 0 Å². The highest BCUT2D eigenvalue weighted by Crippen LogP contribution is 2.58. The van der Waals surface area contributed by atoms with Gasteiger partial charge in [0.1, 0.15) is 49.4 Å². The van der Waals surface area contributed by atoms with Gasteiger partial charge >= 0.3 is 0 Å². The molecule has 0 amide bonds. The number of hydrogen-bond acceptors (Lipinski definition) is 10. The summed E-state index contributed by atoms with van der Waals surface area (Å²) >= 11 is 3.06. The molecule has 0 bridgehead atoms. The van der Waals surface area contributed by atoms with Crippen molar-refractivity contribution < 1.29 is 37.9 Å². The van der Waals surface area contributed by atoms with E-state index in [0.29, 0.717) is 60.9 Å². The van der Waals surface area contributed by atoms with Gasteiger partial charge in [-0.2, -0.15) is 0 Å². The van der Waals surface area contributed by atoms with Crippen molar-refractivity contribution >= 4 is 33.4 Å². The first kappa shape index (κ1) is 22.9. The highest BCUT2D eigenvalue weighted by Gasteiger charge is 2.30. The van der Waals surface area contributed by atoms with Crippen LogP contribution >= 0.6 is 22.7 Å². The Kier molecular flexibility index (Phi) is 5.85. The number of rotatable bonds is 6. The molecule has 2 aliphatic heterocycles. The molecule has 0 saturated heterocycles. The van der Waals surface area contributed by atoms with Crippen molar-refractivity contribution in [2.75, 3.05) is 54.9 Å². The lowest BCUT2D eigenvalue weighted by Gasteiger charge is -2.22. The van der Waals surface area contributed by atoms with Crippen molar-refractivity contribution in [3.05, 3.63) is 22.9 Å². The Morgan fingerprint density at radius 3 is 1.39 bits per heavy atom. The van der Waals surface area contributed by atoms with Crippen LogP contribution in [0.4, 0.5) is 0 Å². The zero-order valence-electron chi connectivity index (χ0n) is 20.2. The average Bonchev–Trinajstić information content (AvgIpc) is 3.55. The molecule has 0 spiro atoms. The molecule has 188 valence electrons. The molecule has 0 N–H and O–H groups in total. The van der Waals surface area contributed by atoms with Gasteiger partial charge in [-0.3, -0.25) is 0 Å². The van der Waals surface area contributed by atoms with Gasteiger partial charge in [0, 0.05) is 21.9 Å². The molecular weight excluding hydrogens is 504 g/mol. The molecule has 0 aliphatic carbocycles. The standard InChI is InChI=1S/C26H24O8S2/c1-27-15-9-13(25-23-17(11-35-25)31-5-7-33-23)22(30-4)20-16(28-2)10-14(21(29-3)19(15)20)26-24-18(12-36-26)32-6-8-34-24/h9-12H,5-8H2,1-4H3. The molecule has 0 radical (unpaired) electrons. The predicted molar refractivity (Wildman–Crippen MR) is 139 cm³/mol. The Bertz CT molecular complexity index is 1350. The molecule has 2 aromatic carbocycles. The van der Waals surface area contributed by atoms with Crippen LogP contribution in [-0.4, -0.2) is 54.9 Å². The summed E-state index contributed by atoms with van der Waals surface area (Å²) in [5, 5.41) is 5.36. The second-order valence-electron chi connectivity index (χ2n) is 7.98. The normalized spacial score (nSPS) is 14.0. The van der Waals surface area contributed by atoms with Crippen LogP contribution < -0.4 is 37.9 Å².